The molecule has 0 radical (unpaired) electrons. The first kappa shape index (κ1) is 30.1. The van der Waals surface area contributed by atoms with E-state index in [9.17, 15) is 19.5 Å². The van der Waals surface area contributed by atoms with Gasteiger partial charge in [0.15, 0.2) is 0 Å². The molecule has 0 aliphatic rings. The number of carboxylic acid groups (broad SMARTS) is 1. The van der Waals surface area contributed by atoms with Crippen molar-refractivity contribution in [1.82, 2.24) is 10.2 Å². The fraction of sp³-hybridized carbons (Fsp3) is 0.516. The Balaban J connectivity index is 1.79. The monoisotopic (exact) mass is 508 g/mol. The van der Waals surface area contributed by atoms with Crippen molar-refractivity contribution in [2.45, 2.75) is 96.6 Å². The van der Waals surface area contributed by atoms with Gasteiger partial charge in [-0.05, 0) is 36.8 Å². The molecule has 0 saturated carbocycles. The van der Waals surface area contributed by atoms with Crippen LogP contribution in [0.2, 0.25) is 0 Å². The van der Waals surface area contributed by atoms with Crippen molar-refractivity contribution in [3.8, 4) is 0 Å². The fourth-order valence-electron chi connectivity index (χ4n) is 4.40. The summed E-state index contributed by atoms with van der Waals surface area (Å²) in [6.07, 6.45) is 10.2. The standard InChI is InChI=1S/C31H44N2O4/c1-2-3-4-5-6-7-14-22-29(34)32-28(31(36)37)21-15-16-23-33(25-27-19-12-9-13-20-27)30(35)24-26-17-10-8-11-18-26/h8-13,17-20,28H,2-7,14-16,21-25H2,1H3,(H,32,34)(H,36,37). The molecule has 0 aliphatic carbocycles. The molecule has 6 heteroatoms. The molecule has 1 unspecified atom stereocenters. The largest absolute Gasteiger partial charge is 0.480 e. The van der Waals surface area contributed by atoms with Gasteiger partial charge in [0.1, 0.15) is 6.04 Å². The highest BCUT2D eigenvalue weighted by Gasteiger charge is 2.20. The van der Waals surface area contributed by atoms with Gasteiger partial charge in [0.05, 0.1) is 6.42 Å². The van der Waals surface area contributed by atoms with Crippen molar-refractivity contribution >= 4 is 17.8 Å². The molecule has 0 spiro atoms. The summed E-state index contributed by atoms with van der Waals surface area (Å²) in [7, 11) is 0. The van der Waals surface area contributed by atoms with E-state index < -0.39 is 12.0 Å². The number of unbranched alkanes of at least 4 members (excludes halogenated alkanes) is 7. The van der Waals surface area contributed by atoms with Crippen LogP contribution in [0.15, 0.2) is 60.7 Å². The minimum atomic E-state index is -1.01. The van der Waals surface area contributed by atoms with Crippen molar-refractivity contribution in [3.63, 3.8) is 0 Å². The molecule has 2 aromatic rings. The number of amides is 2. The third-order valence-corrected chi connectivity index (χ3v) is 6.58. The van der Waals surface area contributed by atoms with Crippen molar-refractivity contribution < 1.29 is 19.5 Å². The fourth-order valence-corrected chi connectivity index (χ4v) is 4.40. The number of aliphatic carboxylic acids is 1. The van der Waals surface area contributed by atoms with Crippen LogP contribution in [0.1, 0.15) is 88.7 Å². The van der Waals surface area contributed by atoms with Crippen molar-refractivity contribution in [1.29, 1.82) is 0 Å². The summed E-state index contributed by atoms with van der Waals surface area (Å²) >= 11 is 0. The van der Waals surface area contributed by atoms with Crippen LogP contribution < -0.4 is 5.32 Å². The molecule has 0 aliphatic heterocycles. The number of carbonyl (C=O) groups is 3. The summed E-state index contributed by atoms with van der Waals surface area (Å²) < 4.78 is 0. The average molecular weight is 509 g/mol. The molecule has 2 amide bonds. The Bertz CT molecular complexity index is 917. The third kappa shape index (κ3) is 13.1. The van der Waals surface area contributed by atoms with E-state index in [0.717, 1.165) is 30.4 Å². The molecule has 2 N–H and O–H groups in total. The zero-order chi connectivity index (χ0) is 26.7. The van der Waals surface area contributed by atoms with Crippen LogP contribution in [0.25, 0.3) is 0 Å². The molecule has 0 saturated heterocycles. The average Bonchev–Trinajstić information content (AvgIpc) is 2.90. The van der Waals surface area contributed by atoms with E-state index in [-0.39, 0.29) is 11.8 Å². The van der Waals surface area contributed by atoms with Gasteiger partial charge in [0, 0.05) is 19.5 Å². The first-order chi connectivity index (χ1) is 18.0. The maximum Gasteiger partial charge on any atom is 0.326 e. The highest BCUT2D eigenvalue weighted by atomic mass is 16.4. The smallest absolute Gasteiger partial charge is 0.326 e. The van der Waals surface area contributed by atoms with Crippen molar-refractivity contribution in [2.75, 3.05) is 6.54 Å². The van der Waals surface area contributed by atoms with E-state index in [4.69, 9.17) is 0 Å². The summed E-state index contributed by atoms with van der Waals surface area (Å²) in [5.74, 6) is -1.15. The predicted octanol–water partition coefficient (Wildman–Crippen LogP) is 6.14. The van der Waals surface area contributed by atoms with Gasteiger partial charge >= 0.3 is 5.97 Å². The second-order valence-corrected chi connectivity index (χ2v) is 9.79. The van der Waals surface area contributed by atoms with E-state index in [1.165, 1.54) is 25.7 Å². The molecule has 0 fully saturated rings. The van der Waals surface area contributed by atoms with Crippen LogP contribution in [-0.4, -0.2) is 40.4 Å². The van der Waals surface area contributed by atoms with Crippen molar-refractivity contribution in [3.05, 3.63) is 71.8 Å². The summed E-state index contributed by atoms with van der Waals surface area (Å²) in [6.45, 7) is 3.25. The first-order valence-corrected chi connectivity index (χ1v) is 13.9. The van der Waals surface area contributed by atoms with Gasteiger partial charge in [0.25, 0.3) is 0 Å². The van der Waals surface area contributed by atoms with E-state index in [1.54, 1.807) is 0 Å². The lowest BCUT2D eigenvalue weighted by Crippen LogP contribution is -2.40. The van der Waals surface area contributed by atoms with Gasteiger partial charge in [-0.3, -0.25) is 9.59 Å². The van der Waals surface area contributed by atoms with Crippen LogP contribution in [0.4, 0.5) is 0 Å². The lowest BCUT2D eigenvalue weighted by Gasteiger charge is -2.23. The minimum absolute atomic E-state index is 0.0489. The maximum atomic E-state index is 13.1. The van der Waals surface area contributed by atoms with Crippen LogP contribution in [0, 0.1) is 0 Å². The van der Waals surface area contributed by atoms with Crippen molar-refractivity contribution in [2.24, 2.45) is 0 Å². The number of carboxylic acids is 1. The van der Waals surface area contributed by atoms with Crippen LogP contribution in [0.3, 0.4) is 0 Å². The van der Waals surface area contributed by atoms with Crippen LogP contribution in [0.5, 0.6) is 0 Å². The molecular formula is C31H44N2O4. The normalized spacial score (nSPS) is 11.6. The van der Waals surface area contributed by atoms with E-state index in [2.05, 4.69) is 12.2 Å². The predicted molar refractivity (Wildman–Crippen MR) is 148 cm³/mol. The van der Waals surface area contributed by atoms with Gasteiger partial charge in [-0.25, -0.2) is 4.79 Å². The summed E-state index contributed by atoms with van der Waals surface area (Å²) in [4.78, 5) is 38.9. The molecule has 0 bridgehead atoms. The Kier molecular flexibility index (Phi) is 14.8. The molecule has 0 aromatic heterocycles. The quantitative estimate of drug-likeness (QED) is 0.223. The van der Waals surface area contributed by atoms with E-state index in [0.29, 0.717) is 45.2 Å². The number of carbonyl (C=O) groups excluding carboxylic acids is 2. The number of hydrogen-bond acceptors (Lipinski definition) is 3. The highest BCUT2D eigenvalue weighted by Crippen LogP contribution is 2.12. The summed E-state index contributed by atoms with van der Waals surface area (Å²) in [6, 6.07) is 18.7. The molecule has 1 atom stereocenters. The van der Waals surface area contributed by atoms with Gasteiger partial charge in [0.2, 0.25) is 11.8 Å². The Hall–Kier alpha value is -3.15. The molecule has 0 heterocycles. The van der Waals surface area contributed by atoms with E-state index >= 15 is 0 Å². The molecule has 37 heavy (non-hydrogen) atoms. The summed E-state index contributed by atoms with van der Waals surface area (Å²) in [5, 5.41) is 12.3. The van der Waals surface area contributed by atoms with Crippen LogP contribution >= 0.6 is 0 Å². The molecule has 2 aromatic carbocycles. The lowest BCUT2D eigenvalue weighted by atomic mass is 10.1. The van der Waals surface area contributed by atoms with Crippen LogP contribution in [-0.2, 0) is 27.3 Å². The second kappa shape index (κ2) is 18.1. The Labute approximate surface area is 222 Å². The first-order valence-electron chi connectivity index (χ1n) is 13.9. The highest BCUT2D eigenvalue weighted by molar-refractivity contribution is 5.83. The Morgan fingerprint density at radius 3 is 2.00 bits per heavy atom. The number of benzene rings is 2. The number of rotatable bonds is 19. The number of nitrogens with one attached hydrogen (secondary N) is 1. The van der Waals surface area contributed by atoms with Gasteiger partial charge in [-0.1, -0.05) is 106 Å². The summed E-state index contributed by atoms with van der Waals surface area (Å²) in [5.41, 5.74) is 2.03. The molecule has 202 valence electrons. The SMILES string of the molecule is CCCCCCCCCC(=O)NC(CCCCN(Cc1ccccc1)C(=O)Cc1ccccc1)C(=O)O. The Morgan fingerprint density at radius 2 is 1.38 bits per heavy atom. The van der Waals surface area contributed by atoms with Gasteiger partial charge in [-0.15, -0.1) is 0 Å². The van der Waals surface area contributed by atoms with E-state index in [1.807, 2.05) is 65.6 Å². The zero-order valence-electron chi connectivity index (χ0n) is 22.4. The molecular weight excluding hydrogens is 464 g/mol. The Morgan fingerprint density at radius 1 is 0.784 bits per heavy atom. The van der Waals surface area contributed by atoms with Gasteiger partial charge in [-0.2, -0.15) is 0 Å². The lowest BCUT2D eigenvalue weighted by molar-refractivity contribution is -0.142. The number of hydrogen-bond donors (Lipinski definition) is 2. The minimum Gasteiger partial charge on any atom is -0.480 e. The third-order valence-electron chi connectivity index (χ3n) is 6.58. The molecule has 6 nitrogen and oxygen atoms in total. The van der Waals surface area contributed by atoms with Gasteiger partial charge < -0.3 is 15.3 Å². The topological polar surface area (TPSA) is 86.7 Å². The molecule has 2 rings (SSSR count). The zero-order valence-corrected chi connectivity index (χ0v) is 22.4. The second-order valence-electron chi connectivity index (χ2n) is 9.79. The number of nitrogens with zero attached hydrogens (tertiary/aromatic N) is 1. The maximum absolute atomic E-state index is 13.1.